The van der Waals surface area contributed by atoms with Crippen molar-refractivity contribution in [3.05, 3.63) is 40.9 Å². The standard InChI is InChI=1S/C15H17Cl2NO/c1-15(2)11(9-12(16)17)13(15)14(19)18(3)10-7-5-4-6-8-10/h4-9,11,13H,1-3H3/t11-,13-/m1/s1. The lowest BCUT2D eigenvalue weighted by molar-refractivity contribution is -0.120. The van der Waals surface area contributed by atoms with E-state index in [2.05, 4.69) is 13.8 Å². The molecule has 19 heavy (non-hydrogen) atoms. The van der Waals surface area contributed by atoms with Crippen molar-refractivity contribution in [2.45, 2.75) is 13.8 Å². The summed E-state index contributed by atoms with van der Waals surface area (Å²) in [6.07, 6.45) is 1.77. The monoisotopic (exact) mass is 297 g/mol. The van der Waals surface area contributed by atoms with Gasteiger partial charge in [-0.05, 0) is 29.5 Å². The molecule has 4 heteroatoms. The van der Waals surface area contributed by atoms with Crippen LogP contribution in [-0.4, -0.2) is 13.0 Å². The van der Waals surface area contributed by atoms with Crippen LogP contribution in [0.3, 0.4) is 0 Å². The molecular weight excluding hydrogens is 281 g/mol. The van der Waals surface area contributed by atoms with Crippen molar-refractivity contribution in [1.82, 2.24) is 0 Å². The van der Waals surface area contributed by atoms with Crippen LogP contribution in [0.15, 0.2) is 40.9 Å². The van der Waals surface area contributed by atoms with Gasteiger partial charge in [0.25, 0.3) is 0 Å². The Morgan fingerprint density at radius 1 is 1.26 bits per heavy atom. The molecule has 1 saturated carbocycles. The molecule has 1 aliphatic rings. The van der Waals surface area contributed by atoms with Crippen LogP contribution < -0.4 is 4.90 Å². The third-order valence-electron chi connectivity index (χ3n) is 3.96. The van der Waals surface area contributed by atoms with Crippen molar-refractivity contribution in [2.24, 2.45) is 17.3 Å². The highest BCUT2D eigenvalue weighted by Gasteiger charge is 2.61. The zero-order chi connectivity index (χ0) is 14.2. The molecule has 0 N–H and O–H groups in total. The molecular formula is C15H17Cl2NO. The van der Waals surface area contributed by atoms with Crippen LogP contribution in [0.25, 0.3) is 0 Å². The first-order valence-corrected chi connectivity index (χ1v) is 6.96. The molecule has 0 bridgehead atoms. The number of hydrogen-bond acceptors (Lipinski definition) is 1. The van der Waals surface area contributed by atoms with E-state index >= 15 is 0 Å². The minimum Gasteiger partial charge on any atom is -0.315 e. The average Bonchev–Trinajstić information content (AvgIpc) is 2.89. The van der Waals surface area contributed by atoms with Crippen molar-refractivity contribution < 1.29 is 4.79 Å². The summed E-state index contributed by atoms with van der Waals surface area (Å²) in [6, 6.07) is 9.62. The lowest BCUT2D eigenvalue weighted by atomic mass is 10.1. The molecule has 2 rings (SSSR count). The summed E-state index contributed by atoms with van der Waals surface area (Å²) in [4.78, 5) is 14.2. The van der Waals surface area contributed by atoms with Gasteiger partial charge in [-0.2, -0.15) is 0 Å². The number of carbonyl (C=O) groups excluding carboxylic acids is 1. The zero-order valence-electron chi connectivity index (χ0n) is 11.2. The molecule has 1 fully saturated rings. The molecule has 1 amide bonds. The number of halogens is 2. The van der Waals surface area contributed by atoms with Crippen LogP contribution in [0.4, 0.5) is 5.69 Å². The van der Waals surface area contributed by atoms with Gasteiger partial charge in [0.2, 0.25) is 5.91 Å². The molecule has 0 heterocycles. The van der Waals surface area contributed by atoms with Gasteiger partial charge in [-0.1, -0.05) is 55.2 Å². The fourth-order valence-corrected chi connectivity index (χ4v) is 2.86. The number of benzene rings is 1. The maximum atomic E-state index is 12.5. The Hall–Kier alpha value is -0.990. The largest absolute Gasteiger partial charge is 0.315 e. The smallest absolute Gasteiger partial charge is 0.231 e. The van der Waals surface area contributed by atoms with Crippen molar-refractivity contribution in [2.75, 3.05) is 11.9 Å². The first-order valence-electron chi connectivity index (χ1n) is 6.21. The van der Waals surface area contributed by atoms with E-state index in [1.807, 2.05) is 30.3 Å². The van der Waals surface area contributed by atoms with Crippen LogP contribution in [0.1, 0.15) is 13.8 Å². The molecule has 0 spiro atoms. The second-order valence-corrected chi connectivity index (χ2v) is 6.52. The number of amides is 1. The number of hydrogen-bond donors (Lipinski definition) is 0. The summed E-state index contributed by atoms with van der Waals surface area (Å²) in [5.41, 5.74) is 0.810. The highest BCUT2D eigenvalue weighted by atomic mass is 35.5. The fourth-order valence-electron chi connectivity index (χ4n) is 2.58. The molecule has 2 nitrogen and oxygen atoms in total. The summed E-state index contributed by atoms with van der Waals surface area (Å²) in [5, 5.41) is 0. The summed E-state index contributed by atoms with van der Waals surface area (Å²) < 4.78 is 0.232. The van der Waals surface area contributed by atoms with Crippen LogP contribution in [0, 0.1) is 17.3 Å². The van der Waals surface area contributed by atoms with Crippen molar-refractivity contribution in [3.8, 4) is 0 Å². The van der Waals surface area contributed by atoms with Crippen LogP contribution in [0.5, 0.6) is 0 Å². The lowest BCUT2D eigenvalue weighted by Crippen LogP contribution is -2.29. The Bertz CT molecular complexity index is 506. The van der Waals surface area contributed by atoms with E-state index < -0.39 is 0 Å². The molecule has 1 aliphatic carbocycles. The zero-order valence-corrected chi connectivity index (χ0v) is 12.7. The molecule has 0 saturated heterocycles. The van der Waals surface area contributed by atoms with Gasteiger partial charge >= 0.3 is 0 Å². The van der Waals surface area contributed by atoms with Gasteiger partial charge < -0.3 is 4.90 Å². The minimum absolute atomic E-state index is 0.0646. The maximum Gasteiger partial charge on any atom is 0.231 e. The van der Waals surface area contributed by atoms with Gasteiger partial charge in [-0.15, -0.1) is 0 Å². The lowest BCUT2D eigenvalue weighted by Gasteiger charge is -2.18. The predicted molar refractivity (Wildman–Crippen MR) is 80.4 cm³/mol. The molecule has 1 aromatic carbocycles. The Balaban J connectivity index is 2.16. The normalized spacial score (nSPS) is 23.6. The SMILES string of the molecule is CN(C(=O)[C@H]1[C@@H](C=C(Cl)Cl)C1(C)C)c1ccccc1. The van der Waals surface area contributed by atoms with E-state index in [9.17, 15) is 4.79 Å². The van der Waals surface area contributed by atoms with Crippen LogP contribution >= 0.6 is 23.2 Å². The number of rotatable bonds is 3. The van der Waals surface area contributed by atoms with Gasteiger partial charge in [0.15, 0.2) is 0 Å². The van der Waals surface area contributed by atoms with E-state index in [1.165, 1.54) is 0 Å². The number of nitrogens with zero attached hydrogens (tertiary/aromatic N) is 1. The third kappa shape index (κ3) is 2.80. The number of allylic oxidation sites excluding steroid dienone is 1. The minimum atomic E-state index is -0.0881. The van der Waals surface area contributed by atoms with Gasteiger partial charge in [-0.25, -0.2) is 0 Å². The van der Waals surface area contributed by atoms with E-state index in [0.717, 1.165) is 5.69 Å². The van der Waals surface area contributed by atoms with Crippen molar-refractivity contribution in [1.29, 1.82) is 0 Å². The second kappa shape index (κ2) is 5.18. The summed E-state index contributed by atoms with van der Waals surface area (Å²) >= 11 is 11.4. The average molecular weight is 298 g/mol. The van der Waals surface area contributed by atoms with Gasteiger partial charge in [0, 0.05) is 12.7 Å². The number of carbonyl (C=O) groups is 1. The molecule has 0 aromatic heterocycles. The van der Waals surface area contributed by atoms with Gasteiger partial charge in [0.05, 0.1) is 5.92 Å². The Kier molecular flexibility index (Phi) is 3.93. The quantitative estimate of drug-likeness (QED) is 0.817. The van der Waals surface area contributed by atoms with Crippen molar-refractivity contribution in [3.63, 3.8) is 0 Å². The molecule has 0 radical (unpaired) electrons. The summed E-state index contributed by atoms with van der Waals surface area (Å²) in [5.74, 6) is 0.147. The van der Waals surface area contributed by atoms with E-state index in [-0.39, 0.29) is 27.6 Å². The van der Waals surface area contributed by atoms with Gasteiger partial charge in [-0.3, -0.25) is 4.79 Å². The van der Waals surface area contributed by atoms with E-state index in [1.54, 1.807) is 18.0 Å². The van der Waals surface area contributed by atoms with E-state index in [0.29, 0.717) is 0 Å². The number of para-hydroxylation sites is 1. The van der Waals surface area contributed by atoms with Crippen LogP contribution in [-0.2, 0) is 4.79 Å². The fraction of sp³-hybridized carbons (Fsp3) is 0.400. The predicted octanol–water partition coefficient (Wildman–Crippen LogP) is 4.24. The van der Waals surface area contributed by atoms with Crippen LogP contribution in [0.2, 0.25) is 0 Å². The highest BCUT2D eigenvalue weighted by molar-refractivity contribution is 6.55. The Labute approximate surface area is 124 Å². The molecule has 2 atom stereocenters. The maximum absolute atomic E-state index is 12.5. The third-order valence-corrected chi connectivity index (χ3v) is 4.21. The topological polar surface area (TPSA) is 20.3 Å². The molecule has 102 valence electrons. The second-order valence-electron chi connectivity index (χ2n) is 5.51. The van der Waals surface area contributed by atoms with Crippen molar-refractivity contribution >= 4 is 34.8 Å². The Morgan fingerprint density at radius 2 is 1.84 bits per heavy atom. The molecule has 1 aromatic rings. The highest BCUT2D eigenvalue weighted by Crippen LogP contribution is 2.60. The van der Waals surface area contributed by atoms with E-state index in [4.69, 9.17) is 23.2 Å². The molecule has 0 unspecified atom stereocenters. The summed E-state index contributed by atoms with van der Waals surface area (Å²) in [6.45, 7) is 4.12. The first-order chi connectivity index (χ1) is 8.85. The number of anilines is 1. The Morgan fingerprint density at radius 3 is 2.37 bits per heavy atom. The van der Waals surface area contributed by atoms with Gasteiger partial charge in [0.1, 0.15) is 4.49 Å². The summed E-state index contributed by atoms with van der Waals surface area (Å²) in [7, 11) is 1.80. The molecule has 0 aliphatic heterocycles. The first kappa shape index (κ1) is 14.4.